The van der Waals surface area contributed by atoms with Gasteiger partial charge in [0.15, 0.2) is 5.69 Å². The third-order valence-corrected chi connectivity index (χ3v) is 6.33. The highest BCUT2D eigenvalue weighted by molar-refractivity contribution is 6.06. The Hall–Kier alpha value is -4.26. The minimum Gasteiger partial charge on any atom is -0.369 e. The van der Waals surface area contributed by atoms with E-state index in [-0.39, 0.29) is 37.2 Å². The molecule has 9 nitrogen and oxygen atoms in total. The van der Waals surface area contributed by atoms with Crippen LogP contribution in [0.1, 0.15) is 42.4 Å². The van der Waals surface area contributed by atoms with E-state index in [1.807, 2.05) is 20.8 Å². The van der Waals surface area contributed by atoms with Crippen molar-refractivity contribution in [2.24, 2.45) is 17.1 Å². The number of carbonyl (C=O) groups excluding carboxylic acids is 3. The molecule has 0 spiro atoms. The molecule has 3 aromatic rings. The number of nitrogens with zero attached hydrogens (tertiary/aromatic N) is 4. The predicted molar refractivity (Wildman–Crippen MR) is 130 cm³/mol. The number of hydrogen-bond acceptors (Lipinski definition) is 5. The van der Waals surface area contributed by atoms with Gasteiger partial charge in [0.05, 0.1) is 29.6 Å². The summed E-state index contributed by atoms with van der Waals surface area (Å²) >= 11 is 0. The lowest BCUT2D eigenvalue weighted by Crippen LogP contribution is -2.62. The lowest BCUT2D eigenvalue weighted by molar-refractivity contribution is -0.145. The number of nitrogens with one attached hydrogen (secondary N) is 1. The summed E-state index contributed by atoms with van der Waals surface area (Å²) < 4.78 is 15.6. The van der Waals surface area contributed by atoms with Crippen molar-refractivity contribution < 1.29 is 18.8 Å². The summed E-state index contributed by atoms with van der Waals surface area (Å²) in [5.41, 5.74) is 6.51. The van der Waals surface area contributed by atoms with Crippen molar-refractivity contribution in [3.8, 4) is 6.07 Å². The second-order valence-corrected chi connectivity index (χ2v) is 10.1. The van der Waals surface area contributed by atoms with Crippen molar-refractivity contribution in [2.45, 2.75) is 33.4 Å². The van der Waals surface area contributed by atoms with E-state index in [2.05, 4.69) is 16.5 Å². The molecule has 1 fully saturated rings. The Bertz CT molecular complexity index is 1380. The summed E-state index contributed by atoms with van der Waals surface area (Å²) in [4.78, 5) is 39.4. The highest BCUT2D eigenvalue weighted by Gasteiger charge is 2.42. The number of amides is 3. The van der Waals surface area contributed by atoms with Gasteiger partial charge in [0.1, 0.15) is 11.9 Å². The topological polar surface area (TPSA) is 134 Å². The van der Waals surface area contributed by atoms with E-state index in [0.717, 1.165) is 5.56 Å². The first-order valence-electron chi connectivity index (χ1n) is 11.5. The highest BCUT2D eigenvalue weighted by Crippen LogP contribution is 2.27. The van der Waals surface area contributed by atoms with Gasteiger partial charge < -0.3 is 16.0 Å². The maximum absolute atomic E-state index is 14.1. The van der Waals surface area contributed by atoms with Crippen LogP contribution >= 0.6 is 0 Å². The lowest BCUT2D eigenvalue weighted by atomic mass is 9.84. The number of nitrogens with two attached hydrogens (primary N) is 1. The number of rotatable bonds is 6. The standard InChI is InChI=1S/C26H27FN6O3/c1-26(2,3)22(25(36)32-13-17(14-32)23(29)34)30-24(35)21-19-9-8-18(27)10-20(19)33(31-21)12-16-6-4-15(11-28)5-7-16/h4-10,17,22H,12-14H2,1-3H3,(H2,29,34)(H,30,35)/t22-/m1/s1. The molecule has 0 aliphatic carbocycles. The van der Waals surface area contributed by atoms with Gasteiger partial charge in [0.2, 0.25) is 11.8 Å². The number of benzene rings is 2. The Morgan fingerprint density at radius 2 is 1.86 bits per heavy atom. The predicted octanol–water partition coefficient (Wildman–Crippen LogP) is 2.18. The Labute approximate surface area is 207 Å². The Morgan fingerprint density at radius 1 is 1.19 bits per heavy atom. The Kier molecular flexibility index (Phi) is 6.50. The zero-order chi connectivity index (χ0) is 26.2. The molecular formula is C26H27FN6O3. The largest absolute Gasteiger partial charge is 0.369 e. The molecule has 3 amide bonds. The molecule has 10 heteroatoms. The molecule has 0 unspecified atom stereocenters. The van der Waals surface area contributed by atoms with Crippen LogP contribution in [0.25, 0.3) is 10.9 Å². The Morgan fingerprint density at radius 3 is 2.44 bits per heavy atom. The first kappa shape index (κ1) is 24.9. The second-order valence-electron chi connectivity index (χ2n) is 10.1. The Balaban J connectivity index is 1.62. The fourth-order valence-corrected chi connectivity index (χ4v) is 4.16. The quantitative estimate of drug-likeness (QED) is 0.546. The monoisotopic (exact) mass is 490 g/mol. The van der Waals surface area contributed by atoms with Crippen molar-refractivity contribution in [2.75, 3.05) is 13.1 Å². The molecule has 3 N–H and O–H groups in total. The molecule has 4 rings (SSSR count). The van der Waals surface area contributed by atoms with Crippen LogP contribution in [0.5, 0.6) is 0 Å². The number of hydrogen-bond donors (Lipinski definition) is 2. The first-order chi connectivity index (χ1) is 17.0. The number of fused-ring (bicyclic) bond motifs is 1. The summed E-state index contributed by atoms with van der Waals surface area (Å²) in [6, 6.07) is 12.1. The van der Waals surface area contributed by atoms with Crippen molar-refractivity contribution in [1.29, 1.82) is 5.26 Å². The fraction of sp³-hybridized carbons (Fsp3) is 0.346. The highest BCUT2D eigenvalue weighted by atomic mass is 19.1. The zero-order valence-electron chi connectivity index (χ0n) is 20.3. The molecule has 36 heavy (non-hydrogen) atoms. The molecule has 0 radical (unpaired) electrons. The summed E-state index contributed by atoms with van der Waals surface area (Å²) in [7, 11) is 0. The molecule has 2 heterocycles. The SMILES string of the molecule is CC(C)(C)[C@H](NC(=O)c1nn(Cc2ccc(C#N)cc2)c2cc(F)ccc12)C(=O)N1CC(C(N)=O)C1. The van der Waals surface area contributed by atoms with E-state index in [9.17, 15) is 18.8 Å². The molecule has 186 valence electrons. The normalized spacial score (nSPS) is 14.7. The molecule has 1 aliphatic rings. The van der Waals surface area contributed by atoms with Gasteiger partial charge in [-0.1, -0.05) is 32.9 Å². The van der Waals surface area contributed by atoms with Crippen molar-refractivity contribution >= 4 is 28.6 Å². The van der Waals surface area contributed by atoms with E-state index in [1.54, 1.807) is 24.3 Å². The lowest BCUT2D eigenvalue weighted by Gasteiger charge is -2.42. The van der Waals surface area contributed by atoms with Crippen LogP contribution in [-0.2, 0) is 16.1 Å². The van der Waals surface area contributed by atoms with Crippen LogP contribution in [0, 0.1) is 28.5 Å². The van der Waals surface area contributed by atoms with Crippen LogP contribution in [0.4, 0.5) is 4.39 Å². The minimum absolute atomic E-state index is 0.0688. The molecule has 1 aromatic heterocycles. The van der Waals surface area contributed by atoms with Crippen LogP contribution < -0.4 is 11.1 Å². The minimum atomic E-state index is -0.877. The van der Waals surface area contributed by atoms with Gasteiger partial charge in [0, 0.05) is 18.5 Å². The van der Waals surface area contributed by atoms with Crippen LogP contribution in [-0.4, -0.2) is 51.5 Å². The van der Waals surface area contributed by atoms with Gasteiger partial charge in [-0.2, -0.15) is 10.4 Å². The number of primary amides is 1. The van der Waals surface area contributed by atoms with Gasteiger partial charge in [-0.15, -0.1) is 0 Å². The maximum Gasteiger partial charge on any atom is 0.273 e. The molecular weight excluding hydrogens is 463 g/mol. The van der Waals surface area contributed by atoms with Gasteiger partial charge in [0.25, 0.3) is 5.91 Å². The van der Waals surface area contributed by atoms with Gasteiger partial charge in [-0.05, 0) is 41.3 Å². The maximum atomic E-state index is 14.1. The molecule has 1 saturated heterocycles. The van der Waals surface area contributed by atoms with Gasteiger partial charge >= 0.3 is 0 Å². The molecule has 1 atom stereocenters. The third-order valence-electron chi connectivity index (χ3n) is 6.33. The summed E-state index contributed by atoms with van der Waals surface area (Å²) in [5.74, 6) is -2.19. The van der Waals surface area contributed by atoms with Crippen LogP contribution in [0.3, 0.4) is 0 Å². The molecule has 1 aliphatic heterocycles. The number of halogens is 1. The number of likely N-dealkylation sites (tertiary alicyclic amines) is 1. The summed E-state index contributed by atoms with van der Waals surface area (Å²) in [6.07, 6.45) is 0. The van der Waals surface area contributed by atoms with Crippen LogP contribution in [0.2, 0.25) is 0 Å². The third kappa shape index (κ3) is 4.91. The summed E-state index contributed by atoms with van der Waals surface area (Å²) in [5, 5.41) is 16.7. The van der Waals surface area contributed by atoms with E-state index >= 15 is 0 Å². The number of carbonyl (C=O) groups is 3. The van der Waals surface area contributed by atoms with E-state index in [1.165, 1.54) is 27.8 Å². The van der Waals surface area contributed by atoms with E-state index < -0.39 is 29.1 Å². The zero-order valence-corrected chi connectivity index (χ0v) is 20.3. The van der Waals surface area contributed by atoms with Crippen molar-refractivity contribution in [1.82, 2.24) is 20.0 Å². The van der Waals surface area contributed by atoms with E-state index in [4.69, 9.17) is 11.0 Å². The van der Waals surface area contributed by atoms with Gasteiger partial charge in [-0.3, -0.25) is 19.1 Å². The van der Waals surface area contributed by atoms with Crippen molar-refractivity contribution in [3.63, 3.8) is 0 Å². The summed E-state index contributed by atoms with van der Waals surface area (Å²) in [6.45, 7) is 6.19. The second kappa shape index (κ2) is 9.41. The average molecular weight is 491 g/mol. The van der Waals surface area contributed by atoms with E-state index in [0.29, 0.717) is 16.5 Å². The smallest absolute Gasteiger partial charge is 0.273 e. The molecule has 2 aromatic carbocycles. The van der Waals surface area contributed by atoms with Gasteiger partial charge in [-0.25, -0.2) is 4.39 Å². The number of nitriles is 1. The molecule has 0 saturated carbocycles. The van der Waals surface area contributed by atoms with Crippen LogP contribution in [0.15, 0.2) is 42.5 Å². The number of aromatic nitrogens is 2. The van der Waals surface area contributed by atoms with Crippen molar-refractivity contribution in [3.05, 3.63) is 65.1 Å². The first-order valence-corrected chi connectivity index (χ1v) is 11.5. The average Bonchev–Trinajstić information content (AvgIpc) is 3.13. The fourth-order valence-electron chi connectivity index (χ4n) is 4.16. The molecule has 0 bridgehead atoms.